The molecule has 2 rings (SSSR count). The molecule has 0 aromatic heterocycles. The lowest BCUT2D eigenvalue weighted by molar-refractivity contribution is -0.137. The van der Waals surface area contributed by atoms with Crippen LogP contribution < -0.4 is 10.1 Å². The summed E-state index contributed by atoms with van der Waals surface area (Å²) >= 11 is 0. The Morgan fingerprint density at radius 2 is 1.88 bits per heavy atom. The van der Waals surface area contributed by atoms with Crippen molar-refractivity contribution in [3.63, 3.8) is 0 Å². The van der Waals surface area contributed by atoms with Crippen LogP contribution in [0.25, 0.3) is 0 Å². The molecular weight excluding hydrogens is 337 g/mol. The Morgan fingerprint density at radius 1 is 1.16 bits per heavy atom. The minimum absolute atomic E-state index is 0.00588. The zero-order valence-corrected chi connectivity index (χ0v) is 13.8. The molecule has 0 radical (unpaired) electrons. The van der Waals surface area contributed by atoms with Crippen LogP contribution in [-0.2, 0) is 15.8 Å². The average Bonchev–Trinajstić information content (AvgIpc) is 2.76. The number of carbonyl (C=O) groups excluding carboxylic acids is 2. The molecule has 5 nitrogen and oxygen atoms in total. The van der Waals surface area contributed by atoms with Gasteiger partial charge in [0, 0.05) is 13.0 Å². The monoisotopic (exact) mass is 358 g/mol. The molecule has 2 amide bonds. The molecule has 1 heterocycles. The predicted octanol–water partition coefficient (Wildman–Crippen LogP) is 2.60. The Bertz CT molecular complexity index is 588. The van der Waals surface area contributed by atoms with Gasteiger partial charge >= 0.3 is 6.18 Å². The molecule has 1 aromatic carbocycles. The van der Waals surface area contributed by atoms with Gasteiger partial charge in [0.2, 0.25) is 11.8 Å². The number of likely N-dealkylation sites (tertiary alicyclic amines) is 1. The van der Waals surface area contributed by atoms with E-state index in [0.29, 0.717) is 18.7 Å². The molecular formula is C17H21F3N2O3. The van der Waals surface area contributed by atoms with Crippen LogP contribution in [-0.4, -0.2) is 43.0 Å². The first-order valence-electron chi connectivity index (χ1n) is 8.21. The fourth-order valence-electron chi connectivity index (χ4n) is 2.53. The smallest absolute Gasteiger partial charge is 0.416 e. The van der Waals surface area contributed by atoms with Gasteiger partial charge in [0.25, 0.3) is 0 Å². The van der Waals surface area contributed by atoms with E-state index in [9.17, 15) is 22.8 Å². The molecule has 8 heteroatoms. The maximum atomic E-state index is 12.4. The number of benzene rings is 1. The van der Waals surface area contributed by atoms with Gasteiger partial charge in [-0.25, -0.2) is 0 Å². The molecule has 0 unspecified atom stereocenters. The molecule has 1 fully saturated rings. The van der Waals surface area contributed by atoms with E-state index in [-0.39, 0.29) is 31.5 Å². The van der Waals surface area contributed by atoms with Gasteiger partial charge in [0.15, 0.2) is 0 Å². The first-order valence-corrected chi connectivity index (χ1v) is 8.21. The molecule has 1 aromatic rings. The number of alkyl halides is 3. The van der Waals surface area contributed by atoms with Crippen LogP contribution in [0.2, 0.25) is 0 Å². The van der Waals surface area contributed by atoms with Gasteiger partial charge in [-0.2, -0.15) is 13.2 Å². The van der Waals surface area contributed by atoms with Crippen molar-refractivity contribution in [3.8, 4) is 5.75 Å². The summed E-state index contributed by atoms with van der Waals surface area (Å²) in [5.74, 6) is 0.0184. The Labute approximate surface area is 144 Å². The molecule has 0 aliphatic carbocycles. The summed E-state index contributed by atoms with van der Waals surface area (Å²) in [6.45, 7) is 0.959. The van der Waals surface area contributed by atoms with Crippen LogP contribution in [0.4, 0.5) is 13.2 Å². The lowest BCUT2D eigenvalue weighted by Crippen LogP contribution is -2.41. The quantitative estimate of drug-likeness (QED) is 0.796. The van der Waals surface area contributed by atoms with Crippen LogP contribution >= 0.6 is 0 Å². The van der Waals surface area contributed by atoms with E-state index in [1.165, 1.54) is 12.1 Å². The van der Waals surface area contributed by atoms with E-state index in [4.69, 9.17) is 4.74 Å². The van der Waals surface area contributed by atoms with E-state index in [1.807, 2.05) is 0 Å². The van der Waals surface area contributed by atoms with E-state index in [1.54, 1.807) is 4.90 Å². The number of nitrogens with one attached hydrogen (secondary N) is 1. The standard InChI is InChI=1S/C17H21F3N2O3/c18-17(19,20)13-5-7-14(8-6-13)25-11-9-21-15(23)12-22-10-3-1-2-4-16(22)24/h5-8H,1-4,9-12H2,(H,21,23). The van der Waals surface area contributed by atoms with Crippen molar-refractivity contribution in [2.45, 2.75) is 31.9 Å². The van der Waals surface area contributed by atoms with Crippen molar-refractivity contribution in [2.24, 2.45) is 0 Å². The van der Waals surface area contributed by atoms with E-state index < -0.39 is 11.7 Å². The number of ether oxygens (including phenoxy) is 1. The number of hydrogen-bond acceptors (Lipinski definition) is 3. The Hall–Kier alpha value is -2.25. The van der Waals surface area contributed by atoms with Crippen molar-refractivity contribution in [3.05, 3.63) is 29.8 Å². The molecule has 1 N–H and O–H groups in total. The van der Waals surface area contributed by atoms with Gasteiger partial charge < -0.3 is 15.0 Å². The third kappa shape index (κ3) is 6.28. The molecule has 0 saturated carbocycles. The van der Waals surface area contributed by atoms with Gasteiger partial charge in [-0.05, 0) is 37.1 Å². The Kier molecular flexibility index (Phi) is 6.66. The van der Waals surface area contributed by atoms with Gasteiger partial charge in [-0.3, -0.25) is 9.59 Å². The van der Waals surface area contributed by atoms with Crippen LogP contribution in [0.3, 0.4) is 0 Å². The predicted molar refractivity (Wildman–Crippen MR) is 85.0 cm³/mol. The Balaban J connectivity index is 1.68. The number of amides is 2. The second-order valence-corrected chi connectivity index (χ2v) is 5.85. The minimum atomic E-state index is -4.38. The Morgan fingerprint density at radius 3 is 2.56 bits per heavy atom. The van der Waals surface area contributed by atoms with E-state index >= 15 is 0 Å². The van der Waals surface area contributed by atoms with Crippen LogP contribution in [0.15, 0.2) is 24.3 Å². The van der Waals surface area contributed by atoms with Gasteiger partial charge in [-0.15, -0.1) is 0 Å². The lowest BCUT2D eigenvalue weighted by atomic mass is 10.2. The molecule has 138 valence electrons. The SMILES string of the molecule is O=C(CN1CCCCCC1=O)NCCOc1ccc(C(F)(F)F)cc1. The number of hydrogen-bond donors (Lipinski definition) is 1. The topological polar surface area (TPSA) is 58.6 Å². The summed E-state index contributed by atoms with van der Waals surface area (Å²) in [4.78, 5) is 25.2. The van der Waals surface area contributed by atoms with Gasteiger partial charge in [0.1, 0.15) is 12.4 Å². The number of carbonyl (C=O) groups is 2. The second kappa shape index (κ2) is 8.73. The first kappa shape index (κ1) is 19.1. The molecule has 25 heavy (non-hydrogen) atoms. The summed E-state index contributed by atoms with van der Waals surface area (Å²) in [5.41, 5.74) is -0.740. The molecule has 1 aliphatic heterocycles. The fourth-order valence-corrected chi connectivity index (χ4v) is 2.53. The summed E-state index contributed by atoms with van der Waals surface area (Å²) in [6.07, 6.45) is -1.15. The maximum Gasteiger partial charge on any atom is 0.416 e. The third-order valence-corrected chi connectivity index (χ3v) is 3.88. The van der Waals surface area contributed by atoms with Crippen LogP contribution in [0.1, 0.15) is 31.2 Å². The van der Waals surface area contributed by atoms with Crippen molar-refractivity contribution in [2.75, 3.05) is 26.2 Å². The second-order valence-electron chi connectivity index (χ2n) is 5.85. The van der Waals surface area contributed by atoms with Crippen molar-refractivity contribution < 1.29 is 27.5 Å². The van der Waals surface area contributed by atoms with E-state index in [2.05, 4.69) is 5.32 Å². The average molecular weight is 358 g/mol. The molecule has 1 saturated heterocycles. The van der Waals surface area contributed by atoms with Crippen LogP contribution in [0, 0.1) is 0 Å². The zero-order chi connectivity index (χ0) is 18.3. The van der Waals surface area contributed by atoms with Crippen molar-refractivity contribution in [1.82, 2.24) is 10.2 Å². The zero-order valence-electron chi connectivity index (χ0n) is 13.8. The maximum absolute atomic E-state index is 12.4. The molecule has 0 spiro atoms. The van der Waals surface area contributed by atoms with Gasteiger partial charge in [0.05, 0.1) is 18.7 Å². The minimum Gasteiger partial charge on any atom is -0.492 e. The molecule has 1 aliphatic rings. The fraction of sp³-hybridized carbons (Fsp3) is 0.529. The highest BCUT2D eigenvalue weighted by molar-refractivity contribution is 5.84. The number of rotatable bonds is 6. The lowest BCUT2D eigenvalue weighted by Gasteiger charge is -2.19. The van der Waals surface area contributed by atoms with Crippen LogP contribution in [0.5, 0.6) is 5.75 Å². The van der Waals surface area contributed by atoms with Crippen molar-refractivity contribution >= 4 is 11.8 Å². The molecule has 0 bridgehead atoms. The highest BCUT2D eigenvalue weighted by atomic mass is 19.4. The third-order valence-electron chi connectivity index (χ3n) is 3.88. The summed E-state index contributed by atoms with van der Waals surface area (Å²) < 4.78 is 42.6. The number of halogens is 3. The highest BCUT2D eigenvalue weighted by Crippen LogP contribution is 2.30. The summed E-state index contributed by atoms with van der Waals surface area (Å²) in [7, 11) is 0. The van der Waals surface area contributed by atoms with Crippen molar-refractivity contribution in [1.29, 1.82) is 0 Å². The normalized spacial score (nSPS) is 15.6. The first-order chi connectivity index (χ1) is 11.9. The van der Waals surface area contributed by atoms with E-state index in [0.717, 1.165) is 31.4 Å². The molecule has 0 atom stereocenters. The summed E-state index contributed by atoms with van der Waals surface area (Å²) in [6, 6.07) is 4.36. The summed E-state index contributed by atoms with van der Waals surface area (Å²) in [5, 5.41) is 2.64. The largest absolute Gasteiger partial charge is 0.492 e. The number of nitrogens with zero attached hydrogens (tertiary/aromatic N) is 1. The highest BCUT2D eigenvalue weighted by Gasteiger charge is 2.30. The van der Waals surface area contributed by atoms with Gasteiger partial charge in [-0.1, -0.05) is 6.42 Å².